The Kier molecular flexibility index (Phi) is 5.06. The summed E-state index contributed by atoms with van der Waals surface area (Å²) in [6, 6.07) is 0. The third-order valence-electron chi connectivity index (χ3n) is 1.49. The minimum atomic E-state index is -0.221. The molecule has 0 heterocycles. The van der Waals surface area contributed by atoms with Crippen LogP contribution in [0.5, 0.6) is 0 Å². The number of ketones is 1. The topological polar surface area (TPSA) is 89.5 Å². The molecule has 1 atom stereocenters. The van der Waals surface area contributed by atoms with Gasteiger partial charge in [-0.05, 0) is 6.42 Å². The van der Waals surface area contributed by atoms with Gasteiger partial charge in [-0.2, -0.15) is 10.2 Å². The van der Waals surface area contributed by atoms with Crippen LogP contribution in [-0.2, 0) is 4.79 Å². The summed E-state index contributed by atoms with van der Waals surface area (Å²) in [6.45, 7) is 2.01. The molecule has 11 heavy (non-hydrogen) atoms. The molecule has 5 heteroatoms. The lowest BCUT2D eigenvalue weighted by Crippen LogP contribution is -2.18. The molecule has 1 unspecified atom stereocenters. The van der Waals surface area contributed by atoms with Gasteiger partial charge in [-0.25, -0.2) is 11.1 Å². The largest absolute Gasteiger partial charge is 0.297 e. The average molecular weight is 156 g/mol. The zero-order valence-corrected chi connectivity index (χ0v) is 6.50. The van der Waals surface area contributed by atoms with E-state index in [-0.39, 0.29) is 24.8 Å². The van der Waals surface area contributed by atoms with Gasteiger partial charge in [0.25, 0.3) is 0 Å². The second-order valence-corrected chi connectivity index (χ2v) is 2.23. The molecule has 0 aromatic heterocycles. The molecular formula is C6H12N4O. The lowest BCUT2D eigenvalue weighted by Gasteiger charge is -2.06. The first-order valence-corrected chi connectivity index (χ1v) is 3.45. The number of carbonyl (C=O) groups is 1. The van der Waals surface area contributed by atoms with Gasteiger partial charge in [-0.3, -0.25) is 4.79 Å². The smallest absolute Gasteiger partial charge is 0.161 e. The Labute approximate surface area is 65.2 Å². The number of nitrogens with zero attached hydrogens (tertiary/aromatic N) is 2. The van der Waals surface area contributed by atoms with Crippen LogP contribution in [0.15, 0.2) is 10.2 Å². The summed E-state index contributed by atoms with van der Waals surface area (Å²) in [5.41, 5.74) is 13.0. The molecular weight excluding hydrogens is 144 g/mol. The van der Waals surface area contributed by atoms with Crippen molar-refractivity contribution in [1.29, 1.82) is 11.1 Å². The van der Waals surface area contributed by atoms with Gasteiger partial charge in [-0.15, -0.1) is 0 Å². The molecule has 0 bridgehead atoms. The highest BCUT2D eigenvalue weighted by Gasteiger charge is 2.14. The van der Waals surface area contributed by atoms with Crippen LogP contribution in [0.2, 0.25) is 0 Å². The summed E-state index contributed by atoms with van der Waals surface area (Å²) >= 11 is 0. The SMILES string of the molecule is CCC(CN=N)C(=O)CN=N. The molecule has 0 fully saturated rings. The molecule has 0 amide bonds. The van der Waals surface area contributed by atoms with E-state index in [1.165, 1.54) is 0 Å². The number of rotatable bonds is 6. The maximum Gasteiger partial charge on any atom is 0.161 e. The van der Waals surface area contributed by atoms with E-state index in [2.05, 4.69) is 10.2 Å². The van der Waals surface area contributed by atoms with Crippen LogP contribution in [0.1, 0.15) is 13.3 Å². The van der Waals surface area contributed by atoms with E-state index in [9.17, 15) is 4.79 Å². The van der Waals surface area contributed by atoms with E-state index >= 15 is 0 Å². The van der Waals surface area contributed by atoms with E-state index in [1.807, 2.05) is 6.92 Å². The molecule has 5 nitrogen and oxygen atoms in total. The molecule has 0 aliphatic carbocycles. The van der Waals surface area contributed by atoms with Gasteiger partial charge >= 0.3 is 0 Å². The summed E-state index contributed by atoms with van der Waals surface area (Å²) in [5.74, 6) is -0.319. The molecule has 0 aliphatic rings. The number of Topliss-reactive ketones (excluding diaryl/α,β-unsaturated/α-hetero) is 1. The molecule has 2 N–H and O–H groups in total. The first kappa shape index (κ1) is 9.87. The van der Waals surface area contributed by atoms with Gasteiger partial charge in [-0.1, -0.05) is 6.92 Å². The van der Waals surface area contributed by atoms with Crippen molar-refractivity contribution in [2.75, 3.05) is 13.1 Å². The third-order valence-corrected chi connectivity index (χ3v) is 1.49. The van der Waals surface area contributed by atoms with Gasteiger partial charge < -0.3 is 0 Å². The van der Waals surface area contributed by atoms with Crippen LogP contribution in [0, 0.1) is 17.0 Å². The standard InChI is InChI=1S/C6H12N4O/c1-2-5(3-9-7)6(11)4-10-8/h5,7-8H,2-4H2,1H3. The Morgan fingerprint density at radius 2 is 2.09 bits per heavy atom. The zero-order chi connectivity index (χ0) is 8.69. The first-order chi connectivity index (χ1) is 5.26. The van der Waals surface area contributed by atoms with Crippen molar-refractivity contribution in [1.82, 2.24) is 0 Å². The summed E-state index contributed by atoms with van der Waals surface area (Å²) < 4.78 is 0. The van der Waals surface area contributed by atoms with Gasteiger partial charge in [0.1, 0.15) is 6.54 Å². The number of hydrogen-bond acceptors (Lipinski definition) is 5. The zero-order valence-electron chi connectivity index (χ0n) is 6.50. The predicted octanol–water partition coefficient (Wildman–Crippen LogP) is 1.64. The fraction of sp³-hybridized carbons (Fsp3) is 0.833. The van der Waals surface area contributed by atoms with Gasteiger partial charge in [0.2, 0.25) is 0 Å². The summed E-state index contributed by atoms with van der Waals surface area (Å²) in [6.07, 6.45) is 0.663. The maximum absolute atomic E-state index is 11.0. The van der Waals surface area contributed by atoms with Crippen LogP contribution in [0.3, 0.4) is 0 Å². The second kappa shape index (κ2) is 5.64. The Balaban J connectivity index is 3.90. The molecule has 0 rings (SSSR count). The van der Waals surface area contributed by atoms with E-state index in [0.29, 0.717) is 6.42 Å². The van der Waals surface area contributed by atoms with Crippen molar-refractivity contribution in [3.8, 4) is 0 Å². The van der Waals surface area contributed by atoms with Crippen LogP contribution in [0.25, 0.3) is 0 Å². The lowest BCUT2D eigenvalue weighted by molar-refractivity contribution is -0.121. The van der Waals surface area contributed by atoms with E-state index in [0.717, 1.165) is 0 Å². The van der Waals surface area contributed by atoms with Crippen molar-refractivity contribution in [3.63, 3.8) is 0 Å². The Morgan fingerprint density at radius 1 is 1.45 bits per heavy atom. The number of hydrogen-bond donors (Lipinski definition) is 2. The van der Waals surface area contributed by atoms with Crippen molar-refractivity contribution in [3.05, 3.63) is 0 Å². The molecule has 0 aromatic carbocycles. The van der Waals surface area contributed by atoms with Crippen molar-refractivity contribution in [2.24, 2.45) is 16.1 Å². The van der Waals surface area contributed by atoms with Crippen molar-refractivity contribution in [2.45, 2.75) is 13.3 Å². The maximum atomic E-state index is 11.0. The molecule has 0 aliphatic heterocycles. The van der Waals surface area contributed by atoms with Crippen LogP contribution in [-0.4, -0.2) is 18.9 Å². The number of nitrogens with one attached hydrogen (secondary N) is 2. The predicted molar refractivity (Wildman–Crippen MR) is 38.8 cm³/mol. The van der Waals surface area contributed by atoms with Gasteiger partial charge in [0.05, 0.1) is 6.54 Å². The quantitative estimate of drug-likeness (QED) is 0.562. The minimum absolute atomic E-state index is 0.0754. The van der Waals surface area contributed by atoms with Gasteiger partial charge in [0.15, 0.2) is 5.78 Å². The van der Waals surface area contributed by atoms with Gasteiger partial charge in [0, 0.05) is 5.92 Å². The second-order valence-electron chi connectivity index (χ2n) is 2.23. The molecule has 0 spiro atoms. The van der Waals surface area contributed by atoms with Crippen molar-refractivity contribution < 1.29 is 4.79 Å². The van der Waals surface area contributed by atoms with E-state index in [4.69, 9.17) is 11.1 Å². The Hall–Kier alpha value is -1.13. The van der Waals surface area contributed by atoms with Crippen molar-refractivity contribution >= 4 is 5.78 Å². The van der Waals surface area contributed by atoms with E-state index < -0.39 is 0 Å². The minimum Gasteiger partial charge on any atom is -0.297 e. The highest BCUT2D eigenvalue weighted by atomic mass is 16.1. The Bertz CT molecular complexity index is 157. The Morgan fingerprint density at radius 3 is 2.45 bits per heavy atom. The van der Waals surface area contributed by atoms with E-state index in [1.54, 1.807) is 0 Å². The molecule has 0 aromatic rings. The monoisotopic (exact) mass is 156 g/mol. The number of carbonyl (C=O) groups excluding carboxylic acids is 1. The molecule has 0 radical (unpaired) electrons. The molecule has 0 saturated carbocycles. The fourth-order valence-corrected chi connectivity index (χ4v) is 0.776. The third kappa shape index (κ3) is 3.54. The fourth-order valence-electron chi connectivity index (χ4n) is 0.776. The summed E-state index contributed by atoms with van der Waals surface area (Å²) in [4.78, 5) is 11.0. The van der Waals surface area contributed by atoms with Crippen LogP contribution < -0.4 is 0 Å². The summed E-state index contributed by atoms with van der Waals surface area (Å²) in [5, 5.41) is 6.12. The first-order valence-electron chi connectivity index (χ1n) is 3.45. The highest BCUT2D eigenvalue weighted by molar-refractivity contribution is 5.83. The average Bonchev–Trinajstić information content (AvgIpc) is 2.00. The highest BCUT2D eigenvalue weighted by Crippen LogP contribution is 2.04. The van der Waals surface area contributed by atoms with Crippen LogP contribution in [0.4, 0.5) is 0 Å². The normalized spacial score (nSPS) is 12.1. The summed E-state index contributed by atoms with van der Waals surface area (Å²) in [7, 11) is 0. The lowest BCUT2D eigenvalue weighted by atomic mass is 10.0. The van der Waals surface area contributed by atoms with Crippen LogP contribution >= 0.6 is 0 Å². The molecule has 62 valence electrons. The molecule has 0 saturated heterocycles.